The Bertz CT molecular complexity index is 536. The molecule has 1 fully saturated rings. The van der Waals surface area contributed by atoms with E-state index in [1.54, 1.807) is 7.05 Å². The Labute approximate surface area is 127 Å². The highest BCUT2D eigenvalue weighted by atomic mass is 16.5. The van der Waals surface area contributed by atoms with Crippen LogP contribution >= 0.6 is 0 Å². The lowest BCUT2D eigenvalue weighted by atomic mass is 9.73. The molecule has 1 saturated heterocycles. The number of hydrogen-bond acceptors (Lipinski definition) is 2. The first-order chi connectivity index (χ1) is 10.4. The summed E-state index contributed by atoms with van der Waals surface area (Å²) in [6.07, 6.45) is 0.938. The molecule has 0 saturated carbocycles. The van der Waals surface area contributed by atoms with Crippen molar-refractivity contribution in [2.45, 2.75) is 25.7 Å². The summed E-state index contributed by atoms with van der Waals surface area (Å²) in [6, 6.07) is 21.0. The van der Waals surface area contributed by atoms with Crippen molar-refractivity contribution < 1.29 is 4.74 Å². The maximum absolute atomic E-state index is 5.78. The maximum Gasteiger partial charge on any atom is 0.198 e. The van der Waals surface area contributed by atoms with Crippen molar-refractivity contribution >= 4 is 5.90 Å². The van der Waals surface area contributed by atoms with Crippen LogP contribution in [-0.4, -0.2) is 19.6 Å². The second-order valence-electron chi connectivity index (χ2n) is 4.76. The first-order valence-corrected chi connectivity index (χ1v) is 7.59. The molecular weight excluding hydrogens is 258 g/mol. The van der Waals surface area contributed by atoms with Gasteiger partial charge in [-0.15, -0.1) is 0 Å². The molecule has 1 aliphatic rings. The third-order valence-electron chi connectivity index (χ3n) is 3.82. The number of ether oxygens (including phenoxy) is 1. The van der Waals surface area contributed by atoms with Gasteiger partial charge in [-0.1, -0.05) is 74.5 Å². The van der Waals surface area contributed by atoms with Crippen LogP contribution in [-0.2, 0) is 10.2 Å². The second-order valence-corrected chi connectivity index (χ2v) is 4.76. The molecule has 0 atom stereocenters. The topological polar surface area (TPSA) is 21.6 Å². The van der Waals surface area contributed by atoms with Gasteiger partial charge in [-0.3, -0.25) is 4.99 Å². The van der Waals surface area contributed by atoms with Gasteiger partial charge in [0, 0.05) is 13.5 Å². The van der Waals surface area contributed by atoms with Crippen molar-refractivity contribution in [1.29, 1.82) is 0 Å². The fraction of sp³-hybridized carbons (Fsp3) is 0.316. The third-order valence-corrected chi connectivity index (χ3v) is 3.82. The lowest BCUT2D eigenvalue weighted by molar-refractivity contribution is 0.343. The van der Waals surface area contributed by atoms with Gasteiger partial charge in [0.25, 0.3) is 0 Å². The molecular formula is C19H23NO. The highest BCUT2D eigenvalue weighted by Crippen LogP contribution is 2.41. The monoisotopic (exact) mass is 281 g/mol. The molecule has 0 radical (unpaired) electrons. The standard InChI is InChI=1S/C17H17NO.C2H6/c1-18-16-17(12-13-19-16,14-8-4-2-5-9-14)15-10-6-3-7-11-15;1-2/h2-11H,12-13H2,1H3;1-2H3. The summed E-state index contributed by atoms with van der Waals surface area (Å²) in [5.41, 5.74) is 2.27. The summed E-state index contributed by atoms with van der Waals surface area (Å²) in [7, 11) is 1.81. The van der Waals surface area contributed by atoms with Crippen LogP contribution in [0.5, 0.6) is 0 Å². The quantitative estimate of drug-likeness (QED) is 0.797. The number of benzene rings is 2. The van der Waals surface area contributed by atoms with E-state index < -0.39 is 0 Å². The zero-order valence-electron chi connectivity index (χ0n) is 13.0. The first-order valence-electron chi connectivity index (χ1n) is 7.59. The number of rotatable bonds is 2. The minimum absolute atomic E-state index is 0.225. The van der Waals surface area contributed by atoms with Crippen LogP contribution in [0.25, 0.3) is 0 Å². The van der Waals surface area contributed by atoms with Gasteiger partial charge in [0.2, 0.25) is 0 Å². The summed E-state index contributed by atoms with van der Waals surface area (Å²) >= 11 is 0. The minimum Gasteiger partial charge on any atom is -0.480 e. The van der Waals surface area contributed by atoms with E-state index in [-0.39, 0.29) is 5.41 Å². The van der Waals surface area contributed by atoms with Gasteiger partial charge >= 0.3 is 0 Å². The largest absolute Gasteiger partial charge is 0.480 e. The number of nitrogens with zero attached hydrogens (tertiary/aromatic N) is 1. The van der Waals surface area contributed by atoms with Crippen LogP contribution in [0.15, 0.2) is 65.7 Å². The Balaban J connectivity index is 0.000000774. The van der Waals surface area contributed by atoms with E-state index in [4.69, 9.17) is 4.74 Å². The lowest BCUT2D eigenvalue weighted by Gasteiger charge is -2.28. The van der Waals surface area contributed by atoms with Crippen LogP contribution in [0.3, 0.4) is 0 Å². The van der Waals surface area contributed by atoms with Crippen molar-refractivity contribution in [3.8, 4) is 0 Å². The second kappa shape index (κ2) is 7.07. The van der Waals surface area contributed by atoms with Gasteiger partial charge in [-0.25, -0.2) is 0 Å². The average molecular weight is 281 g/mol. The normalized spacial score (nSPS) is 17.8. The van der Waals surface area contributed by atoms with Crippen molar-refractivity contribution in [1.82, 2.24) is 0 Å². The van der Waals surface area contributed by atoms with Crippen LogP contribution < -0.4 is 0 Å². The Hall–Kier alpha value is -2.09. The van der Waals surface area contributed by atoms with Crippen LogP contribution in [0.2, 0.25) is 0 Å². The lowest BCUT2D eigenvalue weighted by Crippen LogP contribution is -2.33. The Morgan fingerprint density at radius 3 is 1.76 bits per heavy atom. The molecule has 0 N–H and O–H groups in total. The fourth-order valence-corrected chi connectivity index (χ4v) is 2.93. The predicted molar refractivity (Wildman–Crippen MR) is 88.9 cm³/mol. The molecule has 2 heteroatoms. The van der Waals surface area contributed by atoms with Crippen molar-refractivity contribution in [3.05, 3.63) is 71.8 Å². The summed E-state index contributed by atoms with van der Waals surface area (Å²) in [5.74, 6) is 0.824. The van der Waals surface area contributed by atoms with E-state index in [1.165, 1.54) is 11.1 Å². The molecule has 0 bridgehead atoms. The van der Waals surface area contributed by atoms with E-state index in [2.05, 4.69) is 53.5 Å². The van der Waals surface area contributed by atoms with E-state index in [0.717, 1.165) is 18.9 Å². The van der Waals surface area contributed by atoms with Gasteiger partial charge in [0.1, 0.15) is 0 Å². The minimum atomic E-state index is -0.225. The highest BCUT2D eigenvalue weighted by molar-refractivity contribution is 5.93. The van der Waals surface area contributed by atoms with Crippen molar-refractivity contribution in [3.63, 3.8) is 0 Å². The molecule has 0 unspecified atom stereocenters. The van der Waals surface area contributed by atoms with Gasteiger partial charge < -0.3 is 4.74 Å². The van der Waals surface area contributed by atoms with Gasteiger partial charge in [-0.05, 0) is 11.1 Å². The zero-order valence-corrected chi connectivity index (χ0v) is 13.0. The maximum atomic E-state index is 5.78. The molecule has 21 heavy (non-hydrogen) atoms. The molecule has 2 nitrogen and oxygen atoms in total. The average Bonchev–Trinajstić information content (AvgIpc) is 3.03. The molecule has 1 heterocycles. The Morgan fingerprint density at radius 2 is 1.33 bits per heavy atom. The molecule has 1 aliphatic heterocycles. The summed E-state index contributed by atoms with van der Waals surface area (Å²) < 4.78 is 5.78. The summed E-state index contributed by atoms with van der Waals surface area (Å²) in [6.45, 7) is 4.72. The van der Waals surface area contributed by atoms with E-state index in [0.29, 0.717) is 0 Å². The van der Waals surface area contributed by atoms with E-state index in [1.807, 2.05) is 26.0 Å². The van der Waals surface area contributed by atoms with Crippen LogP contribution in [0.4, 0.5) is 0 Å². The molecule has 110 valence electrons. The highest BCUT2D eigenvalue weighted by Gasteiger charge is 2.45. The third kappa shape index (κ3) is 2.71. The van der Waals surface area contributed by atoms with Gasteiger partial charge in [-0.2, -0.15) is 0 Å². The van der Waals surface area contributed by atoms with Crippen LogP contribution in [0, 0.1) is 0 Å². The van der Waals surface area contributed by atoms with E-state index in [9.17, 15) is 0 Å². The Kier molecular flexibility index (Phi) is 5.15. The van der Waals surface area contributed by atoms with E-state index >= 15 is 0 Å². The zero-order chi connectivity index (χ0) is 15.1. The number of aliphatic imine (C=N–C) groups is 1. The molecule has 0 aliphatic carbocycles. The molecule has 0 amide bonds. The van der Waals surface area contributed by atoms with Crippen molar-refractivity contribution in [2.24, 2.45) is 4.99 Å². The fourth-order valence-electron chi connectivity index (χ4n) is 2.93. The summed E-state index contributed by atoms with van der Waals surface area (Å²) in [4.78, 5) is 4.39. The molecule has 2 aromatic carbocycles. The number of hydrogen-bond donors (Lipinski definition) is 0. The Morgan fingerprint density at radius 1 is 0.857 bits per heavy atom. The molecule has 0 aromatic heterocycles. The molecule has 2 aromatic rings. The van der Waals surface area contributed by atoms with Gasteiger partial charge in [0.05, 0.1) is 12.0 Å². The predicted octanol–water partition coefficient (Wildman–Crippen LogP) is 4.45. The SMILES string of the molecule is CC.CN=C1OCCC1(c1ccccc1)c1ccccc1. The molecule has 3 rings (SSSR count). The van der Waals surface area contributed by atoms with Gasteiger partial charge in [0.15, 0.2) is 5.90 Å². The smallest absolute Gasteiger partial charge is 0.198 e. The van der Waals surface area contributed by atoms with Crippen molar-refractivity contribution in [2.75, 3.05) is 13.7 Å². The molecule has 0 spiro atoms. The summed E-state index contributed by atoms with van der Waals surface area (Å²) in [5, 5.41) is 0. The first kappa shape index (κ1) is 15.3. The van der Waals surface area contributed by atoms with Crippen LogP contribution in [0.1, 0.15) is 31.4 Å².